The van der Waals surface area contributed by atoms with E-state index in [0.29, 0.717) is 0 Å². The van der Waals surface area contributed by atoms with Crippen molar-refractivity contribution in [1.82, 2.24) is 0 Å². The molecule has 1 aliphatic rings. The van der Waals surface area contributed by atoms with E-state index < -0.39 is 0 Å². The zero-order valence-corrected chi connectivity index (χ0v) is 8.05. The first kappa shape index (κ1) is 9.11. The quantitative estimate of drug-likeness (QED) is 0.569. The van der Waals surface area contributed by atoms with Gasteiger partial charge < -0.3 is 4.74 Å². The lowest BCUT2D eigenvalue weighted by Crippen LogP contribution is -1.86. The molecule has 66 valence electrons. The van der Waals surface area contributed by atoms with E-state index >= 15 is 0 Å². The van der Waals surface area contributed by atoms with Crippen molar-refractivity contribution in [3.63, 3.8) is 0 Å². The van der Waals surface area contributed by atoms with Crippen LogP contribution < -0.4 is 0 Å². The average Bonchev–Trinajstić information content (AvgIpc) is 2.47. The van der Waals surface area contributed by atoms with Crippen LogP contribution in [0.4, 0.5) is 0 Å². The fourth-order valence-electron chi connectivity index (χ4n) is 1.31. The van der Waals surface area contributed by atoms with Gasteiger partial charge in [0.1, 0.15) is 5.76 Å². The van der Waals surface area contributed by atoms with Crippen molar-refractivity contribution < 1.29 is 4.74 Å². The minimum absolute atomic E-state index is 0.849. The molecule has 0 radical (unpaired) electrons. The van der Waals surface area contributed by atoms with Gasteiger partial charge in [0, 0.05) is 6.42 Å². The van der Waals surface area contributed by atoms with Crippen molar-refractivity contribution >= 4 is 0 Å². The van der Waals surface area contributed by atoms with Crippen LogP contribution in [-0.2, 0) is 4.74 Å². The van der Waals surface area contributed by atoms with Crippen molar-refractivity contribution in [3.05, 3.63) is 35.1 Å². The van der Waals surface area contributed by atoms with Gasteiger partial charge in [-0.25, -0.2) is 0 Å². The molecule has 0 atom stereocenters. The molecule has 0 unspecified atom stereocenters. The second kappa shape index (κ2) is 4.15. The first-order valence-electron chi connectivity index (χ1n) is 4.38. The number of rotatable bonds is 2. The van der Waals surface area contributed by atoms with Gasteiger partial charge >= 0.3 is 0 Å². The minimum Gasteiger partial charge on any atom is -0.493 e. The second-order valence-electron chi connectivity index (χ2n) is 3.08. The summed E-state index contributed by atoms with van der Waals surface area (Å²) in [7, 11) is 0. The molecule has 0 N–H and O–H groups in total. The van der Waals surface area contributed by atoms with Gasteiger partial charge in [0.2, 0.25) is 0 Å². The number of hydrogen-bond donors (Lipinski definition) is 0. The Morgan fingerprint density at radius 3 is 2.75 bits per heavy atom. The summed E-state index contributed by atoms with van der Waals surface area (Å²) in [5.41, 5.74) is 2.59. The molecule has 0 aliphatic carbocycles. The molecule has 0 aromatic carbocycles. The standard InChI is InChI=1S/C11H16O/c1-4-5-6-9(2)11-10(3)7-8-12-11/h4-6H,7-8H2,1-3H3/b5-4-,9-6-. The molecule has 0 amide bonds. The Kier molecular flexibility index (Phi) is 3.15. The minimum atomic E-state index is 0.849. The Balaban J connectivity index is 2.75. The van der Waals surface area contributed by atoms with Crippen LogP contribution in [0.15, 0.2) is 35.1 Å². The van der Waals surface area contributed by atoms with E-state index in [4.69, 9.17) is 4.74 Å². The van der Waals surface area contributed by atoms with Crippen LogP contribution >= 0.6 is 0 Å². The first-order chi connectivity index (χ1) is 5.75. The van der Waals surface area contributed by atoms with E-state index in [1.54, 1.807) is 0 Å². The van der Waals surface area contributed by atoms with Crippen LogP contribution in [0.3, 0.4) is 0 Å². The SMILES string of the molecule is C/C=C\C=C(\C)C1=C(C)CCO1. The van der Waals surface area contributed by atoms with Gasteiger partial charge in [-0.05, 0) is 31.9 Å². The summed E-state index contributed by atoms with van der Waals surface area (Å²) in [6.07, 6.45) is 7.23. The fraction of sp³-hybridized carbons (Fsp3) is 0.455. The third kappa shape index (κ3) is 2.00. The maximum Gasteiger partial charge on any atom is 0.121 e. The molecule has 0 aromatic heterocycles. The van der Waals surface area contributed by atoms with E-state index in [2.05, 4.69) is 19.9 Å². The summed E-state index contributed by atoms with van der Waals surface area (Å²) in [6, 6.07) is 0. The Hall–Kier alpha value is -0.980. The molecule has 0 saturated carbocycles. The molecule has 0 saturated heterocycles. The summed E-state index contributed by atoms with van der Waals surface area (Å²) < 4.78 is 5.50. The van der Waals surface area contributed by atoms with E-state index in [-0.39, 0.29) is 0 Å². The molecule has 0 aromatic rings. The van der Waals surface area contributed by atoms with Crippen LogP contribution in [0.5, 0.6) is 0 Å². The predicted molar refractivity (Wildman–Crippen MR) is 51.8 cm³/mol. The van der Waals surface area contributed by atoms with Crippen molar-refractivity contribution in [1.29, 1.82) is 0 Å². The monoisotopic (exact) mass is 164 g/mol. The van der Waals surface area contributed by atoms with E-state index in [1.165, 1.54) is 11.1 Å². The van der Waals surface area contributed by atoms with Crippen LogP contribution in [0.1, 0.15) is 27.2 Å². The Morgan fingerprint density at radius 2 is 2.25 bits per heavy atom. The summed E-state index contributed by atoms with van der Waals surface area (Å²) >= 11 is 0. The normalized spacial score (nSPS) is 19.1. The van der Waals surface area contributed by atoms with Gasteiger partial charge in [0.15, 0.2) is 0 Å². The summed E-state index contributed by atoms with van der Waals surface area (Å²) in [6.45, 7) is 7.09. The maximum absolute atomic E-state index is 5.50. The largest absolute Gasteiger partial charge is 0.493 e. The number of hydrogen-bond acceptors (Lipinski definition) is 1. The fourth-order valence-corrected chi connectivity index (χ4v) is 1.31. The summed E-state index contributed by atoms with van der Waals surface area (Å²) in [5.74, 6) is 1.09. The topological polar surface area (TPSA) is 9.23 Å². The molecule has 1 heteroatoms. The highest BCUT2D eigenvalue weighted by molar-refractivity contribution is 5.32. The Morgan fingerprint density at radius 1 is 1.50 bits per heavy atom. The van der Waals surface area contributed by atoms with E-state index in [1.807, 2.05) is 19.1 Å². The maximum atomic E-state index is 5.50. The first-order valence-corrected chi connectivity index (χ1v) is 4.38. The van der Waals surface area contributed by atoms with Gasteiger partial charge in [-0.1, -0.05) is 18.2 Å². The molecule has 0 fully saturated rings. The molecular formula is C11H16O. The van der Waals surface area contributed by atoms with Crippen molar-refractivity contribution in [2.75, 3.05) is 6.61 Å². The van der Waals surface area contributed by atoms with Crippen LogP contribution in [0.25, 0.3) is 0 Å². The molecule has 1 nitrogen and oxygen atoms in total. The zero-order valence-electron chi connectivity index (χ0n) is 8.05. The van der Waals surface area contributed by atoms with Crippen molar-refractivity contribution in [2.45, 2.75) is 27.2 Å². The second-order valence-corrected chi connectivity index (χ2v) is 3.08. The van der Waals surface area contributed by atoms with Crippen LogP contribution in [0, 0.1) is 0 Å². The Labute approximate surface area is 74.4 Å². The lowest BCUT2D eigenvalue weighted by atomic mass is 10.1. The molecule has 0 bridgehead atoms. The Bertz CT molecular complexity index is 244. The van der Waals surface area contributed by atoms with Crippen molar-refractivity contribution in [2.24, 2.45) is 0 Å². The van der Waals surface area contributed by atoms with Gasteiger partial charge in [-0.2, -0.15) is 0 Å². The van der Waals surface area contributed by atoms with E-state index in [9.17, 15) is 0 Å². The molecule has 1 rings (SSSR count). The molecule has 0 spiro atoms. The molecule has 1 aliphatic heterocycles. The third-order valence-corrected chi connectivity index (χ3v) is 2.01. The molecule has 12 heavy (non-hydrogen) atoms. The van der Waals surface area contributed by atoms with Crippen LogP contribution in [0.2, 0.25) is 0 Å². The highest BCUT2D eigenvalue weighted by Crippen LogP contribution is 2.24. The molecule has 1 heterocycles. The lowest BCUT2D eigenvalue weighted by Gasteiger charge is -2.03. The summed E-state index contributed by atoms with van der Waals surface area (Å²) in [5, 5.41) is 0. The predicted octanol–water partition coefficient (Wildman–Crippen LogP) is 3.20. The van der Waals surface area contributed by atoms with E-state index in [0.717, 1.165) is 18.8 Å². The number of ether oxygens (including phenoxy) is 1. The highest BCUT2D eigenvalue weighted by atomic mass is 16.5. The van der Waals surface area contributed by atoms with Gasteiger partial charge in [-0.3, -0.25) is 0 Å². The van der Waals surface area contributed by atoms with Gasteiger partial charge in [0.25, 0.3) is 0 Å². The smallest absolute Gasteiger partial charge is 0.121 e. The average molecular weight is 164 g/mol. The van der Waals surface area contributed by atoms with Crippen LogP contribution in [-0.4, -0.2) is 6.61 Å². The lowest BCUT2D eigenvalue weighted by molar-refractivity contribution is 0.252. The summed E-state index contributed by atoms with van der Waals surface area (Å²) in [4.78, 5) is 0. The van der Waals surface area contributed by atoms with Crippen molar-refractivity contribution in [3.8, 4) is 0 Å². The third-order valence-electron chi connectivity index (χ3n) is 2.01. The number of allylic oxidation sites excluding steroid dienone is 4. The zero-order chi connectivity index (χ0) is 8.97. The highest BCUT2D eigenvalue weighted by Gasteiger charge is 2.12. The van der Waals surface area contributed by atoms with Gasteiger partial charge in [0.05, 0.1) is 6.61 Å². The van der Waals surface area contributed by atoms with Gasteiger partial charge in [-0.15, -0.1) is 0 Å². The molecular weight excluding hydrogens is 148 g/mol.